The largest absolute Gasteiger partial charge is 0.490 e. The van der Waals surface area contributed by atoms with Crippen molar-refractivity contribution in [2.75, 3.05) is 11.9 Å². The van der Waals surface area contributed by atoms with Crippen LogP contribution in [0.5, 0.6) is 17.2 Å². The number of nitro groups is 2. The van der Waals surface area contributed by atoms with Crippen molar-refractivity contribution < 1.29 is 24.1 Å². The van der Waals surface area contributed by atoms with Gasteiger partial charge >= 0.3 is 5.69 Å². The number of aryl methyl sites for hydroxylation is 2. The van der Waals surface area contributed by atoms with Crippen molar-refractivity contribution in [3.05, 3.63) is 95.5 Å². The molecule has 1 N–H and O–H groups in total. The molecule has 3 aromatic carbocycles. The number of nitrogens with zero attached hydrogens (tertiary/aromatic N) is 3. The zero-order valence-corrected chi connectivity index (χ0v) is 22.1. The first kappa shape index (κ1) is 27.8. The van der Waals surface area contributed by atoms with E-state index in [0.29, 0.717) is 15.7 Å². The number of amides is 1. The number of benzene rings is 3. The Morgan fingerprint density at radius 2 is 1.76 bits per heavy atom. The first-order valence-electron chi connectivity index (χ1n) is 11.1. The van der Waals surface area contributed by atoms with Gasteiger partial charge in [-0.25, -0.2) is 0 Å². The average molecular weight is 581 g/mol. The van der Waals surface area contributed by atoms with E-state index in [0.717, 1.165) is 29.3 Å². The van der Waals surface area contributed by atoms with Gasteiger partial charge in [-0.05, 0) is 77.7 Å². The molecule has 0 unspecified atom stereocenters. The first-order valence-corrected chi connectivity index (χ1v) is 11.9. The van der Waals surface area contributed by atoms with Crippen molar-refractivity contribution in [3.63, 3.8) is 0 Å². The Hall–Kier alpha value is -4.76. The molecule has 0 fully saturated rings. The SMILES string of the molecule is CCOc1cc(/C=C(/C#N)C(=O)Nc2c(C)cccc2C)cc(Br)c1Oc1ccc([N+](=O)[O-])cc1[N+](=O)[O-]. The van der Waals surface area contributed by atoms with Crippen LogP contribution >= 0.6 is 15.9 Å². The Bertz CT molecular complexity index is 1490. The zero-order chi connectivity index (χ0) is 28.0. The van der Waals surface area contributed by atoms with Crippen molar-refractivity contribution in [3.8, 4) is 23.3 Å². The predicted molar refractivity (Wildman–Crippen MR) is 143 cm³/mol. The molecule has 3 rings (SSSR count). The fourth-order valence-electron chi connectivity index (χ4n) is 3.50. The van der Waals surface area contributed by atoms with Gasteiger partial charge in [0.15, 0.2) is 11.5 Å². The summed E-state index contributed by atoms with van der Waals surface area (Å²) in [6.07, 6.45) is 1.37. The first-order chi connectivity index (χ1) is 18.0. The Kier molecular flexibility index (Phi) is 8.77. The summed E-state index contributed by atoms with van der Waals surface area (Å²) in [5, 5.41) is 35.0. The minimum absolute atomic E-state index is 0.0689. The highest BCUT2D eigenvalue weighted by Gasteiger charge is 2.24. The number of nitrogens with one attached hydrogen (secondary N) is 1. The molecular formula is C26H21BrN4O7. The molecule has 194 valence electrons. The van der Waals surface area contributed by atoms with E-state index < -0.39 is 27.1 Å². The van der Waals surface area contributed by atoms with Gasteiger partial charge in [0.25, 0.3) is 11.6 Å². The summed E-state index contributed by atoms with van der Waals surface area (Å²) in [6, 6.07) is 13.5. The Morgan fingerprint density at radius 3 is 2.34 bits per heavy atom. The van der Waals surface area contributed by atoms with Crippen LogP contribution in [0, 0.1) is 45.4 Å². The van der Waals surface area contributed by atoms with Crippen molar-refractivity contribution in [2.24, 2.45) is 0 Å². The van der Waals surface area contributed by atoms with E-state index in [2.05, 4.69) is 21.2 Å². The van der Waals surface area contributed by atoms with Gasteiger partial charge in [0.2, 0.25) is 5.75 Å². The van der Waals surface area contributed by atoms with E-state index in [9.17, 15) is 30.3 Å². The minimum atomic E-state index is -0.790. The molecule has 0 spiro atoms. The molecule has 0 heterocycles. The molecule has 0 atom stereocenters. The smallest absolute Gasteiger partial charge is 0.318 e. The normalized spacial score (nSPS) is 10.9. The molecular weight excluding hydrogens is 560 g/mol. The molecule has 0 aliphatic rings. The summed E-state index contributed by atoms with van der Waals surface area (Å²) in [6.45, 7) is 5.61. The van der Waals surface area contributed by atoms with E-state index in [4.69, 9.17) is 9.47 Å². The maximum absolute atomic E-state index is 12.9. The third kappa shape index (κ3) is 6.32. The number of para-hydroxylation sites is 1. The standard InChI is InChI=1S/C26H21BrN4O7/c1-4-37-23-12-17(10-18(14-28)26(32)29-24-15(2)6-5-7-16(24)3)11-20(27)25(23)38-22-9-8-19(30(33)34)13-21(22)31(35)36/h5-13H,4H2,1-3H3,(H,29,32)/b18-10-. The lowest BCUT2D eigenvalue weighted by Crippen LogP contribution is -2.15. The second-order valence-electron chi connectivity index (χ2n) is 7.92. The minimum Gasteiger partial charge on any atom is -0.490 e. The Labute approximate surface area is 225 Å². The summed E-state index contributed by atoms with van der Waals surface area (Å²) in [7, 11) is 0. The molecule has 0 saturated carbocycles. The molecule has 1 amide bonds. The molecule has 38 heavy (non-hydrogen) atoms. The van der Waals surface area contributed by atoms with Crippen LogP contribution in [0.4, 0.5) is 17.1 Å². The number of ether oxygens (including phenoxy) is 2. The van der Waals surface area contributed by atoms with Gasteiger partial charge in [-0.3, -0.25) is 25.0 Å². The lowest BCUT2D eigenvalue weighted by molar-refractivity contribution is -0.394. The highest BCUT2D eigenvalue weighted by molar-refractivity contribution is 9.10. The number of halogens is 1. The Morgan fingerprint density at radius 1 is 1.08 bits per heavy atom. The van der Waals surface area contributed by atoms with Crippen LogP contribution in [0.15, 0.2) is 58.6 Å². The number of hydrogen-bond acceptors (Lipinski definition) is 8. The number of nitro benzene ring substituents is 2. The summed E-state index contributed by atoms with van der Waals surface area (Å²) in [5.41, 5.74) is 1.49. The molecule has 0 aromatic heterocycles. The quantitative estimate of drug-likeness (QED) is 0.128. The van der Waals surface area contributed by atoms with Crippen LogP contribution in [0.25, 0.3) is 6.08 Å². The van der Waals surface area contributed by atoms with Gasteiger partial charge in [0.1, 0.15) is 11.6 Å². The third-order valence-electron chi connectivity index (χ3n) is 5.29. The zero-order valence-electron chi connectivity index (χ0n) is 20.5. The molecule has 0 aliphatic carbocycles. The number of carbonyl (C=O) groups excluding carboxylic acids is 1. The van der Waals surface area contributed by atoms with Crippen LogP contribution in [0.3, 0.4) is 0 Å². The lowest BCUT2D eigenvalue weighted by atomic mass is 10.1. The lowest BCUT2D eigenvalue weighted by Gasteiger charge is -2.15. The van der Waals surface area contributed by atoms with Crippen molar-refractivity contribution >= 4 is 45.0 Å². The van der Waals surface area contributed by atoms with Crippen molar-refractivity contribution in [1.29, 1.82) is 5.26 Å². The molecule has 0 bridgehead atoms. The molecule has 0 saturated heterocycles. The van der Waals surface area contributed by atoms with Crippen molar-refractivity contribution in [1.82, 2.24) is 0 Å². The second-order valence-corrected chi connectivity index (χ2v) is 8.78. The second kappa shape index (κ2) is 12.0. The van der Waals surface area contributed by atoms with E-state index in [-0.39, 0.29) is 29.4 Å². The monoisotopic (exact) mass is 580 g/mol. The third-order valence-corrected chi connectivity index (χ3v) is 5.88. The number of anilines is 1. The van der Waals surface area contributed by atoms with Crippen LogP contribution in [-0.2, 0) is 4.79 Å². The maximum Gasteiger partial charge on any atom is 0.318 e. The van der Waals surface area contributed by atoms with Gasteiger partial charge in [0, 0.05) is 11.8 Å². The van der Waals surface area contributed by atoms with Crippen LogP contribution in [-0.4, -0.2) is 22.4 Å². The molecule has 12 heteroatoms. The summed E-state index contributed by atoms with van der Waals surface area (Å²) < 4.78 is 11.7. The van der Waals surface area contributed by atoms with Crippen LogP contribution in [0.2, 0.25) is 0 Å². The molecule has 3 aromatic rings. The summed E-state index contributed by atoms with van der Waals surface area (Å²) in [4.78, 5) is 33.9. The van der Waals surface area contributed by atoms with Crippen molar-refractivity contribution in [2.45, 2.75) is 20.8 Å². The number of nitriles is 1. The molecule has 0 aliphatic heterocycles. The van der Waals surface area contributed by atoms with Crippen LogP contribution in [0.1, 0.15) is 23.6 Å². The van der Waals surface area contributed by atoms with Gasteiger partial charge in [-0.15, -0.1) is 0 Å². The molecule has 11 nitrogen and oxygen atoms in total. The van der Waals surface area contributed by atoms with Crippen LogP contribution < -0.4 is 14.8 Å². The summed E-state index contributed by atoms with van der Waals surface area (Å²) in [5.74, 6) is -0.607. The van der Waals surface area contributed by atoms with E-state index in [1.54, 1.807) is 13.0 Å². The van der Waals surface area contributed by atoms with Gasteiger partial charge in [-0.2, -0.15) is 5.26 Å². The number of rotatable bonds is 9. The van der Waals surface area contributed by atoms with Gasteiger partial charge < -0.3 is 14.8 Å². The summed E-state index contributed by atoms with van der Waals surface area (Å²) >= 11 is 3.35. The number of non-ortho nitro benzene ring substituents is 1. The fourth-order valence-corrected chi connectivity index (χ4v) is 4.04. The van der Waals surface area contributed by atoms with Gasteiger partial charge in [-0.1, -0.05) is 18.2 Å². The molecule has 0 radical (unpaired) electrons. The topological polar surface area (TPSA) is 158 Å². The average Bonchev–Trinajstić information content (AvgIpc) is 2.86. The fraction of sp³-hybridized carbons (Fsp3) is 0.154. The van der Waals surface area contributed by atoms with E-state index in [1.807, 2.05) is 38.1 Å². The predicted octanol–water partition coefficient (Wildman–Crippen LogP) is 6.62. The van der Waals surface area contributed by atoms with Gasteiger partial charge in [0.05, 0.1) is 27.0 Å². The number of hydrogen-bond donors (Lipinski definition) is 1. The maximum atomic E-state index is 12.9. The Balaban J connectivity index is 2.00. The number of carbonyl (C=O) groups is 1. The highest BCUT2D eigenvalue weighted by atomic mass is 79.9. The van der Waals surface area contributed by atoms with E-state index in [1.165, 1.54) is 12.1 Å². The van der Waals surface area contributed by atoms with E-state index >= 15 is 0 Å². The highest BCUT2D eigenvalue weighted by Crippen LogP contribution is 2.43.